The van der Waals surface area contributed by atoms with E-state index in [0.29, 0.717) is 12.5 Å². The first-order valence-electron chi connectivity index (χ1n) is 8.22. The summed E-state index contributed by atoms with van der Waals surface area (Å²) in [6, 6.07) is 6.49. The monoisotopic (exact) mass is 319 g/mol. The first kappa shape index (κ1) is 17.4. The fourth-order valence-electron chi connectivity index (χ4n) is 3.00. The topological polar surface area (TPSA) is 75.5 Å². The molecule has 1 saturated heterocycles. The Balaban J connectivity index is 2.13. The van der Waals surface area contributed by atoms with E-state index in [-0.39, 0.29) is 17.6 Å². The highest BCUT2D eigenvalue weighted by atomic mass is 16.6. The molecule has 1 aliphatic heterocycles. The predicted octanol–water partition coefficient (Wildman–Crippen LogP) is 2.72. The van der Waals surface area contributed by atoms with Crippen molar-refractivity contribution >= 4 is 11.6 Å². The molecule has 0 aromatic heterocycles. The van der Waals surface area contributed by atoms with Crippen LogP contribution in [0.3, 0.4) is 0 Å². The summed E-state index contributed by atoms with van der Waals surface area (Å²) in [5.41, 5.74) is 1.09. The number of nitrogens with zero attached hydrogens (tertiary/aromatic N) is 2. The van der Waals surface area contributed by atoms with Crippen molar-refractivity contribution in [2.45, 2.75) is 45.7 Å². The predicted molar refractivity (Wildman–Crippen MR) is 89.0 cm³/mol. The Morgan fingerprint density at radius 3 is 2.61 bits per heavy atom. The number of benzene rings is 1. The van der Waals surface area contributed by atoms with Gasteiger partial charge in [0.2, 0.25) is 5.91 Å². The van der Waals surface area contributed by atoms with E-state index < -0.39 is 4.92 Å². The zero-order valence-corrected chi connectivity index (χ0v) is 13.8. The Morgan fingerprint density at radius 2 is 2.00 bits per heavy atom. The number of hydrogen-bond donors (Lipinski definition) is 1. The van der Waals surface area contributed by atoms with Crippen molar-refractivity contribution in [2.75, 3.05) is 13.1 Å². The van der Waals surface area contributed by atoms with Crippen molar-refractivity contribution < 1.29 is 9.72 Å². The van der Waals surface area contributed by atoms with Crippen molar-refractivity contribution in [3.8, 4) is 0 Å². The Kier molecular flexibility index (Phi) is 6.10. The SMILES string of the molecule is CC(C)CN(Cc1ccc([N+](=O)[O-])cc1)C1CCCCNC1=O. The normalized spacial score (nSPS) is 18.8. The van der Waals surface area contributed by atoms with Crippen LogP contribution in [0, 0.1) is 16.0 Å². The summed E-state index contributed by atoms with van der Waals surface area (Å²) in [6.45, 7) is 6.49. The standard InChI is InChI=1S/C17H25N3O3/c1-13(2)11-19(16-5-3-4-10-18-17(16)21)12-14-6-8-15(9-7-14)20(22)23/h6-9,13,16H,3-5,10-12H2,1-2H3,(H,18,21). The number of nitro groups is 1. The maximum atomic E-state index is 12.3. The van der Waals surface area contributed by atoms with Crippen LogP contribution in [0.15, 0.2) is 24.3 Å². The molecule has 1 aliphatic rings. The summed E-state index contributed by atoms with van der Waals surface area (Å²) in [5.74, 6) is 0.550. The fourth-order valence-corrected chi connectivity index (χ4v) is 3.00. The Bertz CT molecular complexity index is 543. The van der Waals surface area contributed by atoms with Gasteiger partial charge >= 0.3 is 0 Å². The molecule has 2 rings (SSSR count). The Morgan fingerprint density at radius 1 is 1.30 bits per heavy atom. The molecule has 1 fully saturated rings. The molecule has 1 N–H and O–H groups in total. The van der Waals surface area contributed by atoms with Gasteiger partial charge in [-0.3, -0.25) is 19.8 Å². The summed E-state index contributed by atoms with van der Waals surface area (Å²) in [7, 11) is 0. The lowest BCUT2D eigenvalue weighted by molar-refractivity contribution is -0.384. The van der Waals surface area contributed by atoms with Crippen LogP contribution < -0.4 is 5.32 Å². The molecule has 1 amide bonds. The third-order valence-electron chi connectivity index (χ3n) is 4.08. The van der Waals surface area contributed by atoms with Gasteiger partial charge in [-0.05, 0) is 30.7 Å². The number of nitro benzene ring substituents is 1. The molecular weight excluding hydrogens is 294 g/mol. The van der Waals surface area contributed by atoms with Gasteiger partial charge in [0.25, 0.3) is 5.69 Å². The number of carbonyl (C=O) groups excluding carboxylic acids is 1. The molecule has 1 unspecified atom stereocenters. The second-order valence-corrected chi connectivity index (χ2v) is 6.55. The summed E-state index contributed by atoms with van der Waals surface area (Å²) in [6.07, 6.45) is 2.93. The Labute approximate surface area is 137 Å². The zero-order valence-electron chi connectivity index (χ0n) is 13.8. The maximum Gasteiger partial charge on any atom is 0.269 e. The summed E-state index contributed by atoms with van der Waals surface area (Å²) in [5, 5.41) is 13.7. The van der Waals surface area contributed by atoms with Gasteiger partial charge in [-0.15, -0.1) is 0 Å². The number of nitrogens with one attached hydrogen (secondary N) is 1. The van der Waals surface area contributed by atoms with Gasteiger partial charge in [-0.2, -0.15) is 0 Å². The second kappa shape index (κ2) is 8.06. The van der Waals surface area contributed by atoms with Gasteiger partial charge in [0.05, 0.1) is 11.0 Å². The molecule has 23 heavy (non-hydrogen) atoms. The molecule has 1 atom stereocenters. The molecule has 6 heteroatoms. The van der Waals surface area contributed by atoms with Gasteiger partial charge in [0.15, 0.2) is 0 Å². The lowest BCUT2D eigenvalue weighted by Gasteiger charge is -2.31. The molecule has 1 aromatic rings. The van der Waals surface area contributed by atoms with Crippen molar-refractivity contribution in [3.05, 3.63) is 39.9 Å². The number of carbonyl (C=O) groups is 1. The molecule has 0 spiro atoms. The fraction of sp³-hybridized carbons (Fsp3) is 0.588. The number of hydrogen-bond acceptors (Lipinski definition) is 4. The minimum atomic E-state index is -0.394. The van der Waals surface area contributed by atoms with Crippen LogP contribution >= 0.6 is 0 Å². The molecule has 0 saturated carbocycles. The van der Waals surface area contributed by atoms with Gasteiger partial charge in [-0.1, -0.05) is 26.0 Å². The first-order valence-corrected chi connectivity index (χ1v) is 8.22. The van der Waals surface area contributed by atoms with Gasteiger partial charge in [-0.25, -0.2) is 0 Å². The van der Waals surface area contributed by atoms with Crippen LogP contribution in [-0.4, -0.2) is 34.9 Å². The lowest BCUT2D eigenvalue weighted by Crippen LogP contribution is -2.46. The number of rotatable bonds is 6. The minimum Gasteiger partial charge on any atom is -0.355 e. The third kappa shape index (κ3) is 5.03. The van der Waals surface area contributed by atoms with Crippen LogP contribution in [0.5, 0.6) is 0 Å². The lowest BCUT2D eigenvalue weighted by atomic mass is 10.0. The highest BCUT2D eigenvalue weighted by Gasteiger charge is 2.27. The molecule has 1 heterocycles. The Hall–Kier alpha value is -1.95. The summed E-state index contributed by atoms with van der Waals surface area (Å²) < 4.78 is 0. The van der Waals surface area contributed by atoms with Gasteiger partial charge < -0.3 is 5.32 Å². The molecule has 0 bridgehead atoms. The minimum absolute atomic E-state index is 0.0939. The van der Waals surface area contributed by atoms with E-state index in [2.05, 4.69) is 24.1 Å². The molecule has 0 aliphatic carbocycles. The second-order valence-electron chi connectivity index (χ2n) is 6.55. The van der Waals surface area contributed by atoms with Gasteiger partial charge in [0, 0.05) is 31.8 Å². The van der Waals surface area contributed by atoms with Crippen molar-refractivity contribution in [3.63, 3.8) is 0 Å². The molecular formula is C17H25N3O3. The van der Waals surface area contributed by atoms with Crippen LogP contribution in [0.4, 0.5) is 5.69 Å². The van der Waals surface area contributed by atoms with E-state index >= 15 is 0 Å². The smallest absolute Gasteiger partial charge is 0.269 e. The molecule has 126 valence electrons. The van der Waals surface area contributed by atoms with E-state index in [1.54, 1.807) is 12.1 Å². The highest BCUT2D eigenvalue weighted by molar-refractivity contribution is 5.81. The van der Waals surface area contributed by atoms with Crippen molar-refractivity contribution in [1.29, 1.82) is 0 Å². The average Bonchev–Trinajstić information content (AvgIpc) is 2.71. The van der Waals surface area contributed by atoms with Crippen molar-refractivity contribution in [1.82, 2.24) is 10.2 Å². The quantitative estimate of drug-likeness (QED) is 0.646. The van der Waals surface area contributed by atoms with E-state index in [1.807, 2.05) is 0 Å². The average molecular weight is 319 g/mol. The third-order valence-corrected chi connectivity index (χ3v) is 4.08. The molecule has 0 radical (unpaired) electrons. The van der Waals surface area contributed by atoms with E-state index in [0.717, 1.165) is 37.9 Å². The van der Waals surface area contributed by atoms with Crippen LogP contribution in [0.1, 0.15) is 38.7 Å². The van der Waals surface area contributed by atoms with Crippen LogP contribution in [0.2, 0.25) is 0 Å². The molecule has 6 nitrogen and oxygen atoms in total. The summed E-state index contributed by atoms with van der Waals surface area (Å²) >= 11 is 0. The van der Waals surface area contributed by atoms with E-state index in [9.17, 15) is 14.9 Å². The van der Waals surface area contributed by atoms with E-state index in [4.69, 9.17) is 0 Å². The molecule has 1 aromatic carbocycles. The number of non-ortho nitro benzene ring substituents is 1. The van der Waals surface area contributed by atoms with E-state index in [1.165, 1.54) is 12.1 Å². The first-order chi connectivity index (χ1) is 11.0. The number of amides is 1. The highest BCUT2D eigenvalue weighted by Crippen LogP contribution is 2.19. The summed E-state index contributed by atoms with van der Waals surface area (Å²) in [4.78, 5) is 24.9. The van der Waals surface area contributed by atoms with Crippen molar-refractivity contribution in [2.24, 2.45) is 5.92 Å². The largest absolute Gasteiger partial charge is 0.355 e. The van der Waals surface area contributed by atoms with Crippen LogP contribution in [0.25, 0.3) is 0 Å². The maximum absolute atomic E-state index is 12.3. The zero-order chi connectivity index (χ0) is 16.8. The van der Waals surface area contributed by atoms with Gasteiger partial charge in [0.1, 0.15) is 0 Å². The van der Waals surface area contributed by atoms with Crippen LogP contribution in [-0.2, 0) is 11.3 Å².